The lowest BCUT2D eigenvalue weighted by Crippen LogP contribution is -2.13. The average Bonchev–Trinajstić information content (AvgIpc) is 2.76. The molecule has 0 aliphatic rings. The van der Waals surface area contributed by atoms with E-state index < -0.39 is 0 Å². The lowest BCUT2D eigenvalue weighted by molar-refractivity contribution is 0.102. The van der Waals surface area contributed by atoms with E-state index in [9.17, 15) is 4.79 Å². The van der Waals surface area contributed by atoms with Crippen molar-refractivity contribution in [2.45, 2.75) is 20.3 Å². The molecule has 0 aliphatic heterocycles. The van der Waals surface area contributed by atoms with Gasteiger partial charge in [0.1, 0.15) is 5.69 Å². The molecule has 0 radical (unpaired) electrons. The van der Waals surface area contributed by atoms with Crippen molar-refractivity contribution in [1.82, 2.24) is 9.97 Å². The van der Waals surface area contributed by atoms with E-state index >= 15 is 0 Å². The summed E-state index contributed by atoms with van der Waals surface area (Å²) in [5.74, 6) is -0.183. The van der Waals surface area contributed by atoms with Gasteiger partial charge in [-0.25, -0.2) is 4.98 Å². The number of hydrogen-bond donors (Lipinski definition) is 2. The Morgan fingerprint density at radius 2 is 2.29 bits per heavy atom. The van der Waals surface area contributed by atoms with E-state index in [0.29, 0.717) is 5.69 Å². The number of carbonyl (C=O) groups excluding carboxylic acids is 1. The maximum absolute atomic E-state index is 11.9. The Labute approximate surface area is 100 Å². The summed E-state index contributed by atoms with van der Waals surface area (Å²) in [6, 6.07) is 7.82. The van der Waals surface area contributed by atoms with Gasteiger partial charge >= 0.3 is 0 Å². The molecule has 88 valence electrons. The molecule has 2 N–H and O–H groups in total. The van der Waals surface area contributed by atoms with Crippen molar-refractivity contribution in [2.75, 3.05) is 5.32 Å². The van der Waals surface area contributed by atoms with E-state index in [1.807, 2.05) is 31.2 Å². The topological polar surface area (TPSA) is 57.8 Å². The summed E-state index contributed by atoms with van der Waals surface area (Å²) in [6.07, 6.45) is 2.47. The zero-order chi connectivity index (χ0) is 12.3. The fourth-order valence-corrected chi connectivity index (χ4v) is 1.65. The third kappa shape index (κ3) is 2.53. The fraction of sp³-hybridized carbons (Fsp3) is 0.231. The van der Waals surface area contributed by atoms with Gasteiger partial charge in [0.25, 0.3) is 5.91 Å². The van der Waals surface area contributed by atoms with Gasteiger partial charge in [-0.15, -0.1) is 0 Å². The minimum absolute atomic E-state index is 0.183. The number of H-pyrrole nitrogens is 1. The quantitative estimate of drug-likeness (QED) is 0.849. The van der Waals surface area contributed by atoms with Gasteiger partial charge in [-0.2, -0.15) is 0 Å². The molecule has 17 heavy (non-hydrogen) atoms. The van der Waals surface area contributed by atoms with Crippen LogP contribution in [0, 0.1) is 6.92 Å². The number of nitrogens with one attached hydrogen (secondary N) is 2. The SMILES string of the molecule is CCc1cccc(NC(=O)c2nc[nH]c2C)c1. The Hall–Kier alpha value is -2.10. The van der Waals surface area contributed by atoms with Crippen LogP contribution in [0.15, 0.2) is 30.6 Å². The lowest BCUT2D eigenvalue weighted by Gasteiger charge is -2.05. The summed E-state index contributed by atoms with van der Waals surface area (Å²) in [4.78, 5) is 18.8. The molecule has 2 rings (SSSR count). The van der Waals surface area contributed by atoms with Gasteiger partial charge in [-0.1, -0.05) is 19.1 Å². The van der Waals surface area contributed by atoms with Crippen molar-refractivity contribution >= 4 is 11.6 Å². The highest BCUT2D eigenvalue weighted by Gasteiger charge is 2.11. The monoisotopic (exact) mass is 229 g/mol. The van der Waals surface area contributed by atoms with E-state index in [2.05, 4.69) is 22.2 Å². The average molecular weight is 229 g/mol. The maximum atomic E-state index is 11.9. The van der Waals surface area contributed by atoms with Crippen molar-refractivity contribution in [3.05, 3.63) is 47.5 Å². The molecule has 4 heteroatoms. The van der Waals surface area contributed by atoms with Crippen molar-refractivity contribution in [3.8, 4) is 0 Å². The molecule has 0 unspecified atom stereocenters. The summed E-state index contributed by atoms with van der Waals surface area (Å²) < 4.78 is 0. The van der Waals surface area contributed by atoms with Crippen LogP contribution in [-0.2, 0) is 6.42 Å². The summed E-state index contributed by atoms with van der Waals surface area (Å²) in [7, 11) is 0. The zero-order valence-electron chi connectivity index (χ0n) is 9.95. The largest absolute Gasteiger partial charge is 0.348 e. The summed E-state index contributed by atoms with van der Waals surface area (Å²) in [6.45, 7) is 3.91. The molecule has 1 aromatic carbocycles. The Balaban J connectivity index is 2.16. The second-order valence-electron chi connectivity index (χ2n) is 3.88. The summed E-state index contributed by atoms with van der Waals surface area (Å²) in [5, 5.41) is 2.84. The number of rotatable bonds is 3. The molecule has 0 saturated heterocycles. The van der Waals surface area contributed by atoms with Gasteiger partial charge in [0, 0.05) is 11.4 Å². The molecule has 1 aromatic heterocycles. The first-order valence-electron chi connectivity index (χ1n) is 5.61. The number of aromatic amines is 1. The smallest absolute Gasteiger partial charge is 0.276 e. The first-order chi connectivity index (χ1) is 8.20. The molecule has 2 aromatic rings. The minimum atomic E-state index is -0.183. The summed E-state index contributed by atoms with van der Waals surface area (Å²) in [5.41, 5.74) is 3.21. The minimum Gasteiger partial charge on any atom is -0.348 e. The Morgan fingerprint density at radius 1 is 1.47 bits per heavy atom. The Kier molecular flexibility index (Phi) is 3.23. The molecule has 0 bridgehead atoms. The first kappa shape index (κ1) is 11.4. The Morgan fingerprint density at radius 3 is 2.94 bits per heavy atom. The number of carbonyl (C=O) groups is 1. The first-order valence-corrected chi connectivity index (χ1v) is 5.61. The molecule has 0 fully saturated rings. The van der Waals surface area contributed by atoms with Crippen molar-refractivity contribution in [1.29, 1.82) is 0 Å². The highest BCUT2D eigenvalue weighted by atomic mass is 16.1. The second-order valence-corrected chi connectivity index (χ2v) is 3.88. The molecule has 0 spiro atoms. The van der Waals surface area contributed by atoms with Gasteiger partial charge in [0.2, 0.25) is 0 Å². The van der Waals surface area contributed by atoms with Gasteiger partial charge in [-0.3, -0.25) is 4.79 Å². The number of amides is 1. The predicted molar refractivity (Wildman–Crippen MR) is 67.1 cm³/mol. The van der Waals surface area contributed by atoms with Crippen LogP contribution in [0.1, 0.15) is 28.7 Å². The van der Waals surface area contributed by atoms with Crippen LogP contribution in [-0.4, -0.2) is 15.9 Å². The third-order valence-electron chi connectivity index (χ3n) is 2.64. The number of anilines is 1. The van der Waals surface area contributed by atoms with E-state index in [1.165, 1.54) is 11.9 Å². The van der Waals surface area contributed by atoms with Crippen LogP contribution >= 0.6 is 0 Å². The number of benzene rings is 1. The number of imidazole rings is 1. The second kappa shape index (κ2) is 4.82. The zero-order valence-corrected chi connectivity index (χ0v) is 9.95. The molecule has 0 saturated carbocycles. The molecule has 4 nitrogen and oxygen atoms in total. The van der Waals surface area contributed by atoms with Crippen LogP contribution in [0.4, 0.5) is 5.69 Å². The number of nitrogens with zero attached hydrogens (tertiary/aromatic N) is 1. The van der Waals surface area contributed by atoms with Crippen LogP contribution in [0.3, 0.4) is 0 Å². The van der Waals surface area contributed by atoms with Gasteiger partial charge in [0.05, 0.1) is 6.33 Å². The normalized spacial score (nSPS) is 10.2. The Bertz CT molecular complexity index is 531. The molecular weight excluding hydrogens is 214 g/mol. The fourth-order valence-electron chi connectivity index (χ4n) is 1.65. The summed E-state index contributed by atoms with van der Waals surface area (Å²) >= 11 is 0. The van der Waals surface area contributed by atoms with Crippen LogP contribution < -0.4 is 5.32 Å². The van der Waals surface area contributed by atoms with Gasteiger partial charge in [0.15, 0.2) is 0 Å². The highest BCUT2D eigenvalue weighted by molar-refractivity contribution is 6.03. The lowest BCUT2D eigenvalue weighted by atomic mass is 10.1. The van der Waals surface area contributed by atoms with Gasteiger partial charge in [-0.05, 0) is 31.0 Å². The molecule has 0 aliphatic carbocycles. The maximum Gasteiger partial charge on any atom is 0.276 e. The number of aryl methyl sites for hydroxylation is 2. The van der Waals surface area contributed by atoms with Crippen molar-refractivity contribution < 1.29 is 4.79 Å². The predicted octanol–water partition coefficient (Wildman–Crippen LogP) is 2.53. The van der Waals surface area contributed by atoms with Crippen LogP contribution in [0.2, 0.25) is 0 Å². The molecular formula is C13H15N3O. The highest BCUT2D eigenvalue weighted by Crippen LogP contribution is 2.12. The van der Waals surface area contributed by atoms with Gasteiger partial charge < -0.3 is 10.3 Å². The molecule has 1 heterocycles. The van der Waals surface area contributed by atoms with E-state index in [0.717, 1.165) is 17.8 Å². The third-order valence-corrected chi connectivity index (χ3v) is 2.64. The number of hydrogen-bond acceptors (Lipinski definition) is 2. The van der Waals surface area contributed by atoms with Crippen molar-refractivity contribution in [2.24, 2.45) is 0 Å². The van der Waals surface area contributed by atoms with Crippen LogP contribution in [0.25, 0.3) is 0 Å². The van der Waals surface area contributed by atoms with Crippen molar-refractivity contribution in [3.63, 3.8) is 0 Å². The molecule has 1 amide bonds. The number of aromatic nitrogens is 2. The standard InChI is InChI=1S/C13H15N3O/c1-3-10-5-4-6-11(7-10)16-13(17)12-9(2)14-8-15-12/h4-8H,3H2,1-2H3,(H,14,15)(H,16,17). The van der Waals surface area contributed by atoms with E-state index in [1.54, 1.807) is 0 Å². The van der Waals surface area contributed by atoms with E-state index in [4.69, 9.17) is 0 Å². The van der Waals surface area contributed by atoms with Crippen LogP contribution in [0.5, 0.6) is 0 Å². The molecule has 0 atom stereocenters. The van der Waals surface area contributed by atoms with E-state index in [-0.39, 0.29) is 5.91 Å².